The molecule has 0 aliphatic heterocycles. The zero-order valence-electron chi connectivity index (χ0n) is 13.6. The summed E-state index contributed by atoms with van der Waals surface area (Å²) < 4.78 is 32.1. The summed E-state index contributed by atoms with van der Waals surface area (Å²) in [6.45, 7) is 4.13. The second-order valence-electron chi connectivity index (χ2n) is 4.91. The van der Waals surface area contributed by atoms with Gasteiger partial charge >= 0.3 is 5.97 Å². The number of halogens is 2. The second-order valence-corrected chi connectivity index (χ2v) is 8.01. The highest BCUT2D eigenvalue weighted by Crippen LogP contribution is 2.26. The SMILES string of the molecule is CCN(CC)S(=O)(=O)c1ccc(Cl)c(C(=O)Oc2cccnc2Br)c1. The van der Waals surface area contributed by atoms with E-state index in [1.54, 1.807) is 26.0 Å². The molecule has 0 N–H and O–H groups in total. The lowest BCUT2D eigenvalue weighted by atomic mass is 10.2. The van der Waals surface area contributed by atoms with E-state index in [9.17, 15) is 13.2 Å². The van der Waals surface area contributed by atoms with Crippen LogP contribution in [0, 0.1) is 0 Å². The minimum atomic E-state index is -3.71. The van der Waals surface area contributed by atoms with E-state index >= 15 is 0 Å². The number of sulfonamides is 1. The van der Waals surface area contributed by atoms with E-state index in [-0.39, 0.29) is 21.2 Å². The second kappa shape index (κ2) is 8.27. The van der Waals surface area contributed by atoms with Crippen LogP contribution in [0.25, 0.3) is 0 Å². The number of aromatic nitrogens is 1. The molecule has 0 atom stereocenters. The summed E-state index contributed by atoms with van der Waals surface area (Å²) in [5.41, 5.74) is -0.0364. The van der Waals surface area contributed by atoms with Crippen molar-refractivity contribution in [1.29, 1.82) is 0 Å². The van der Waals surface area contributed by atoms with Gasteiger partial charge in [0.25, 0.3) is 0 Å². The fourth-order valence-corrected chi connectivity index (χ4v) is 4.15. The number of carbonyl (C=O) groups excluding carboxylic acids is 1. The van der Waals surface area contributed by atoms with Crippen LogP contribution < -0.4 is 4.74 Å². The number of ether oxygens (including phenoxy) is 1. The molecule has 1 heterocycles. The number of benzene rings is 1. The lowest BCUT2D eigenvalue weighted by Crippen LogP contribution is -2.30. The van der Waals surface area contributed by atoms with Gasteiger partial charge in [-0.2, -0.15) is 4.31 Å². The third-order valence-electron chi connectivity index (χ3n) is 3.43. The van der Waals surface area contributed by atoms with Crippen LogP contribution in [0.5, 0.6) is 5.75 Å². The molecule has 2 rings (SSSR count). The molecule has 0 fully saturated rings. The number of hydrogen-bond acceptors (Lipinski definition) is 5. The van der Waals surface area contributed by atoms with Crippen molar-refractivity contribution in [3.8, 4) is 5.75 Å². The maximum absolute atomic E-state index is 12.6. The van der Waals surface area contributed by atoms with Gasteiger partial charge in [0.1, 0.15) is 4.60 Å². The summed E-state index contributed by atoms with van der Waals surface area (Å²) in [5.74, 6) is -0.559. The molecule has 1 aromatic carbocycles. The van der Waals surface area contributed by atoms with Gasteiger partial charge in [-0.05, 0) is 46.3 Å². The Kier molecular flexibility index (Phi) is 6.56. The van der Waals surface area contributed by atoms with E-state index in [0.29, 0.717) is 17.7 Å². The van der Waals surface area contributed by atoms with Crippen LogP contribution in [0.3, 0.4) is 0 Å². The predicted molar refractivity (Wildman–Crippen MR) is 98.5 cm³/mol. The van der Waals surface area contributed by atoms with Crippen LogP contribution in [0.1, 0.15) is 24.2 Å². The molecule has 0 saturated heterocycles. The van der Waals surface area contributed by atoms with E-state index in [1.807, 2.05) is 0 Å². The fraction of sp³-hybridized carbons (Fsp3) is 0.250. The number of carbonyl (C=O) groups is 1. The summed E-state index contributed by atoms with van der Waals surface area (Å²) in [5, 5.41) is 0.100. The molecule has 25 heavy (non-hydrogen) atoms. The van der Waals surface area contributed by atoms with Gasteiger partial charge in [0.2, 0.25) is 10.0 Å². The van der Waals surface area contributed by atoms with Crippen LogP contribution in [0.15, 0.2) is 46.0 Å². The van der Waals surface area contributed by atoms with E-state index in [0.717, 1.165) is 0 Å². The molecule has 0 spiro atoms. The first kappa shape index (κ1) is 19.8. The molecule has 0 unspecified atom stereocenters. The van der Waals surface area contributed by atoms with Gasteiger partial charge in [-0.15, -0.1) is 0 Å². The highest BCUT2D eigenvalue weighted by atomic mass is 79.9. The molecule has 6 nitrogen and oxygen atoms in total. The zero-order chi connectivity index (χ0) is 18.6. The Labute approximate surface area is 159 Å². The van der Waals surface area contributed by atoms with Crippen LogP contribution in [0.2, 0.25) is 5.02 Å². The number of rotatable bonds is 6. The Bertz CT molecular complexity index is 885. The summed E-state index contributed by atoms with van der Waals surface area (Å²) in [6.07, 6.45) is 1.53. The van der Waals surface area contributed by atoms with Crippen molar-refractivity contribution >= 4 is 43.5 Å². The van der Waals surface area contributed by atoms with Crippen molar-refractivity contribution in [2.75, 3.05) is 13.1 Å². The minimum absolute atomic E-state index is 0.0159. The predicted octanol–water partition coefficient (Wildman–Crippen LogP) is 3.75. The van der Waals surface area contributed by atoms with Gasteiger partial charge in [0, 0.05) is 19.3 Å². The third-order valence-corrected chi connectivity index (χ3v) is 6.40. The molecule has 0 amide bonds. The van der Waals surface area contributed by atoms with Crippen LogP contribution in [-0.2, 0) is 10.0 Å². The Hall–Kier alpha value is -1.48. The lowest BCUT2D eigenvalue weighted by Gasteiger charge is -2.19. The normalized spacial score (nSPS) is 11.6. The standard InChI is InChI=1S/C16H16BrClN2O4S/c1-3-20(4-2)25(22,23)11-7-8-13(18)12(10-11)16(21)24-14-6-5-9-19-15(14)17/h5-10H,3-4H2,1-2H3. The van der Waals surface area contributed by atoms with Crippen molar-refractivity contribution in [1.82, 2.24) is 9.29 Å². The first-order valence-electron chi connectivity index (χ1n) is 7.43. The van der Waals surface area contributed by atoms with Crippen molar-refractivity contribution in [3.63, 3.8) is 0 Å². The van der Waals surface area contributed by atoms with Crippen molar-refractivity contribution in [2.45, 2.75) is 18.7 Å². The van der Waals surface area contributed by atoms with Crippen molar-refractivity contribution in [2.24, 2.45) is 0 Å². The quantitative estimate of drug-likeness (QED) is 0.498. The third kappa shape index (κ3) is 4.38. The first-order chi connectivity index (χ1) is 11.8. The molecular formula is C16H16BrClN2O4S. The summed E-state index contributed by atoms with van der Waals surface area (Å²) >= 11 is 9.23. The minimum Gasteiger partial charge on any atom is -0.420 e. The highest BCUT2D eigenvalue weighted by Gasteiger charge is 2.24. The molecule has 9 heteroatoms. The Balaban J connectivity index is 2.39. The first-order valence-corrected chi connectivity index (χ1v) is 10.0. The Morgan fingerprint density at radius 1 is 1.28 bits per heavy atom. The lowest BCUT2D eigenvalue weighted by molar-refractivity contribution is 0.0732. The Morgan fingerprint density at radius 3 is 2.56 bits per heavy atom. The molecule has 0 radical (unpaired) electrons. The molecule has 0 bridgehead atoms. The van der Waals surface area contributed by atoms with E-state index < -0.39 is 16.0 Å². The van der Waals surface area contributed by atoms with Gasteiger partial charge in [-0.1, -0.05) is 25.4 Å². The molecule has 2 aromatic rings. The average molecular weight is 448 g/mol. The summed E-state index contributed by atoms with van der Waals surface area (Å²) in [7, 11) is -3.71. The molecule has 0 saturated carbocycles. The number of nitrogens with zero attached hydrogens (tertiary/aromatic N) is 2. The van der Waals surface area contributed by atoms with Crippen molar-refractivity contribution in [3.05, 3.63) is 51.7 Å². The molecule has 0 aliphatic carbocycles. The maximum atomic E-state index is 12.6. The van der Waals surface area contributed by atoms with Crippen molar-refractivity contribution < 1.29 is 17.9 Å². The van der Waals surface area contributed by atoms with Crippen LogP contribution in [0.4, 0.5) is 0 Å². The zero-order valence-corrected chi connectivity index (χ0v) is 16.7. The number of pyridine rings is 1. The van der Waals surface area contributed by atoms with E-state index in [1.165, 1.54) is 28.7 Å². The molecule has 0 aliphatic rings. The van der Waals surface area contributed by atoms with Gasteiger partial charge in [-0.3, -0.25) is 0 Å². The number of esters is 1. The monoisotopic (exact) mass is 446 g/mol. The summed E-state index contributed by atoms with van der Waals surface area (Å²) in [4.78, 5) is 16.3. The Morgan fingerprint density at radius 2 is 1.96 bits per heavy atom. The molecule has 134 valence electrons. The van der Waals surface area contributed by atoms with Gasteiger partial charge in [-0.25, -0.2) is 18.2 Å². The van der Waals surface area contributed by atoms with Gasteiger partial charge in [0.15, 0.2) is 5.75 Å². The summed E-state index contributed by atoms with van der Waals surface area (Å²) in [6, 6.07) is 7.12. The van der Waals surface area contributed by atoms with Crippen LogP contribution >= 0.6 is 27.5 Å². The fourth-order valence-electron chi connectivity index (χ4n) is 2.14. The maximum Gasteiger partial charge on any atom is 0.345 e. The molecular weight excluding hydrogens is 432 g/mol. The largest absolute Gasteiger partial charge is 0.420 e. The molecule has 1 aromatic heterocycles. The van der Waals surface area contributed by atoms with E-state index in [2.05, 4.69) is 20.9 Å². The topological polar surface area (TPSA) is 76.6 Å². The highest BCUT2D eigenvalue weighted by molar-refractivity contribution is 9.10. The van der Waals surface area contributed by atoms with Gasteiger partial charge < -0.3 is 4.74 Å². The smallest absolute Gasteiger partial charge is 0.345 e. The number of hydrogen-bond donors (Lipinski definition) is 0. The van der Waals surface area contributed by atoms with E-state index in [4.69, 9.17) is 16.3 Å². The average Bonchev–Trinajstić information content (AvgIpc) is 2.58. The van der Waals surface area contributed by atoms with Crippen LogP contribution in [-0.4, -0.2) is 36.8 Å². The van der Waals surface area contributed by atoms with Gasteiger partial charge in [0.05, 0.1) is 15.5 Å².